The molecule has 0 aromatic carbocycles. The number of hydrogen-bond acceptors (Lipinski definition) is 3. The Morgan fingerprint density at radius 2 is 2.00 bits per heavy atom. The minimum absolute atomic E-state index is 0.544. The van der Waals surface area contributed by atoms with E-state index in [0.29, 0.717) is 12.1 Å². The van der Waals surface area contributed by atoms with Crippen LogP contribution in [0.3, 0.4) is 0 Å². The van der Waals surface area contributed by atoms with Crippen LogP contribution < -0.4 is 5.32 Å². The van der Waals surface area contributed by atoms with Gasteiger partial charge in [0.15, 0.2) is 0 Å². The van der Waals surface area contributed by atoms with Crippen LogP contribution in [0.25, 0.3) is 0 Å². The van der Waals surface area contributed by atoms with E-state index in [-0.39, 0.29) is 0 Å². The Bertz CT molecular complexity index is 253. The van der Waals surface area contributed by atoms with E-state index in [4.69, 9.17) is 4.74 Å². The van der Waals surface area contributed by atoms with E-state index in [9.17, 15) is 0 Å². The zero-order valence-electron chi connectivity index (χ0n) is 12.5. The second kappa shape index (κ2) is 6.36. The number of hydrogen-bond donors (Lipinski definition) is 1. The molecule has 0 aromatic rings. The predicted molar refractivity (Wildman–Crippen MR) is 75.8 cm³/mol. The Balaban J connectivity index is 1.95. The van der Waals surface area contributed by atoms with E-state index in [2.05, 4.69) is 31.0 Å². The van der Waals surface area contributed by atoms with Gasteiger partial charge in [0.05, 0.1) is 6.61 Å². The highest BCUT2D eigenvalue weighted by molar-refractivity contribution is 4.96. The lowest BCUT2D eigenvalue weighted by Gasteiger charge is -2.44. The van der Waals surface area contributed by atoms with Crippen LogP contribution in [-0.2, 0) is 4.74 Å². The molecule has 0 bridgehead atoms. The molecule has 0 spiro atoms. The lowest BCUT2D eigenvalue weighted by Crippen LogP contribution is -2.60. The first-order valence-corrected chi connectivity index (χ1v) is 7.59. The Labute approximate surface area is 112 Å². The van der Waals surface area contributed by atoms with Crippen molar-refractivity contribution in [2.45, 2.75) is 58.2 Å². The van der Waals surface area contributed by atoms with Crippen LogP contribution >= 0.6 is 0 Å². The van der Waals surface area contributed by atoms with Crippen molar-refractivity contribution >= 4 is 0 Å². The Kier molecular flexibility index (Phi) is 5.05. The van der Waals surface area contributed by atoms with E-state index in [1.807, 2.05) is 7.11 Å². The monoisotopic (exact) mass is 254 g/mol. The second-order valence-electron chi connectivity index (χ2n) is 6.64. The summed E-state index contributed by atoms with van der Waals surface area (Å²) in [5, 5.41) is 3.78. The summed E-state index contributed by atoms with van der Waals surface area (Å²) in [4.78, 5) is 2.70. The fourth-order valence-electron chi connectivity index (χ4n) is 3.30. The van der Waals surface area contributed by atoms with Crippen LogP contribution in [0.15, 0.2) is 0 Å². The standard InChI is InChI=1S/C15H30N2O/c1-11(2)7-14-8-16-15(13-5-6-13)9-17(14)12(3)10-18-4/h11-16H,5-10H2,1-4H3. The molecule has 1 aliphatic carbocycles. The fourth-order valence-corrected chi connectivity index (χ4v) is 3.30. The molecule has 1 saturated carbocycles. The first-order chi connectivity index (χ1) is 8.61. The molecule has 2 fully saturated rings. The van der Waals surface area contributed by atoms with E-state index in [0.717, 1.165) is 31.0 Å². The molecule has 3 unspecified atom stereocenters. The van der Waals surface area contributed by atoms with Crippen LogP contribution in [-0.4, -0.2) is 49.8 Å². The van der Waals surface area contributed by atoms with Gasteiger partial charge < -0.3 is 10.1 Å². The topological polar surface area (TPSA) is 24.5 Å². The molecule has 2 rings (SSSR count). The molecule has 0 amide bonds. The maximum Gasteiger partial charge on any atom is 0.0615 e. The quantitative estimate of drug-likeness (QED) is 0.786. The van der Waals surface area contributed by atoms with Gasteiger partial charge in [-0.05, 0) is 38.0 Å². The number of rotatable bonds is 6. The van der Waals surface area contributed by atoms with E-state index < -0.39 is 0 Å². The van der Waals surface area contributed by atoms with Gasteiger partial charge in [0.1, 0.15) is 0 Å². The zero-order valence-corrected chi connectivity index (χ0v) is 12.5. The molecule has 3 heteroatoms. The third-order valence-electron chi connectivity index (χ3n) is 4.40. The maximum atomic E-state index is 5.36. The van der Waals surface area contributed by atoms with Gasteiger partial charge in [0, 0.05) is 38.3 Å². The normalized spacial score (nSPS) is 31.8. The Morgan fingerprint density at radius 3 is 2.56 bits per heavy atom. The molecule has 1 heterocycles. The highest BCUT2D eigenvalue weighted by Gasteiger charge is 2.38. The molecule has 106 valence electrons. The van der Waals surface area contributed by atoms with Gasteiger partial charge in [-0.2, -0.15) is 0 Å². The largest absolute Gasteiger partial charge is 0.383 e. The van der Waals surface area contributed by atoms with Crippen molar-refractivity contribution in [3.8, 4) is 0 Å². The fraction of sp³-hybridized carbons (Fsp3) is 1.00. The summed E-state index contributed by atoms with van der Waals surface area (Å²) in [6.45, 7) is 10.2. The van der Waals surface area contributed by atoms with Gasteiger partial charge in [-0.25, -0.2) is 0 Å². The highest BCUT2D eigenvalue weighted by atomic mass is 16.5. The van der Waals surface area contributed by atoms with Crippen molar-refractivity contribution in [1.82, 2.24) is 10.2 Å². The highest BCUT2D eigenvalue weighted by Crippen LogP contribution is 2.35. The molecular weight excluding hydrogens is 224 g/mol. The maximum absolute atomic E-state index is 5.36. The van der Waals surface area contributed by atoms with Crippen molar-refractivity contribution in [2.75, 3.05) is 26.8 Å². The number of nitrogens with zero attached hydrogens (tertiary/aromatic N) is 1. The van der Waals surface area contributed by atoms with Crippen LogP contribution in [0.1, 0.15) is 40.0 Å². The summed E-state index contributed by atoms with van der Waals surface area (Å²) in [6.07, 6.45) is 4.15. The van der Waals surface area contributed by atoms with Gasteiger partial charge >= 0.3 is 0 Å². The van der Waals surface area contributed by atoms with Crippen LogP contribution in [0.2, 0.25) is 0 Å². The van der Waals surface area contributed by atoms with Gasteiger partial charge in [0.25, 0.3) is 0 Å². The third-order valence-corrected chi connectivity index (χ3v) is 4.40. The summed E-state index contributed by atoms with van der Waals surface area (Å²) in [6, 6.07) is 1.96. The molecule has 3 atom stereocenters. The first kappa shape index (κ1) is 14.3. The van der Waals surface area contributed by atoms with Crippen molar-refractivity contribution in [2.24, 2.45) is 11.8 Å². The van der Waals surface area contributed by atoms with Crippen LogP contribution in [0.5, 0.6) is 0 Å². The van der Waals surface area contributed by atoms with Gasteiger partial charge in [-0.15, -0.1) is 0 Å². The van der Waals surface area contributed by atoms with Crippen molar-refractivity contribution in [1.29, 1.82) is 0 Å². The number of nitrogens with one attached hydrogen (secondary N) is 1. The molecule has 18 heavy (non-hydrogen) atoms. The molecule has 3 nitrogen and oxygen atoms in total. The number of ether oxygens (including phenoxy) is 1. The Morgan fingerprint density at radius 1 is 1.28 bits per heavy atom. The summed E-state index contributed by atoms with van der Waals surface area (Å²) in [7, 11) is 1.81. The molecule has 2 aliphatic rings. The Hall–Kier alpha value is -0.120. The molecule has 0 aromatic heterocycles. The lowest BCUT2D eigenvalue weighted by atomic mass is 9.96. The van der Waals surface area contributed by atoms with Gasteiger partial charge in [0.2, 0.25) is 0 Å². The summed E-state index contributed by atoms with van der Waals surface area (Å²) < 4.78 is 5.36. The van der Waals surface area contributed by atoms with E-state index >= 15 is 0 Å². The van der Waals surface area contributed by atoms with Crippen molar-refractivity contribution in [3.63, 3.8) is 0 Å². The number of methoxy groups -OCH3 is 1. The van der Waals surface area contributed by atoms with E-state index in [1.54, 1.807) is 0 Å². The first-order valence-electron chi connectivity index (χ1n) is 7.59. The van der Waals surface area contributed by atoms with Gasteiger partial charge in [-0.3, -0.25) is 4.90 Å². The van der Waals surface area contributed by atoms with Crippen LogP contribution in [0, 0.1) is 11.8 Å². The average molecular weight is 254 g/mol. The van der Waals surface area contributed by atoms with Crippen molar-refractivity contribution < 1.29 is 4.74 Å². The SMILES string of the molecule is COCC(C)N1CC(C2CC2)NCC1CC(C)C. The average Bonchev–Trinajstić information content (AvgIpc) is 3.13. The molecule has 1 N–H and O–H groups in total. The summed E-state index contributed by atoms with van der Waals surface area (Å²) in [5.74, 6) is 1.72. The summed E-state index contributed by atoms with van der Waals surface area (Å²) >= 11 is 0. The van der Waals surface area contributed by atoms with Crippen molar-refractivity contribution in [3.05, 3.63) is 0 Å². The predicted octanol–water partition coefficient (Wildman–Crippen LogP) is 2.12. The molecule has 1 aliphatic heterocycles. The summed E-state index contributed by atoms with van der Waals surface area (Å²) in [5.41, 5.74) is 0. The minimum atomic E-state index is 0.544. The smallest absolute Gasteiger partial charge is 0.0615 e. The number of piperazine rings is 1. The zero-order chi connectivity index (χ0) is 13.1. The second-order valence-corrected chi connectivity index (χ2v) is 6.64. The third kappa shape index (κ3) is 3.69. The molecular formula is C15H30N2O. The molecule has 1 saturated heterocycles. The molecule has 0 radical (unpaired) electrons. The minimum Gasteiger partial charge on any atom is -0.383 e. The van der Waals surface area contributed by atoms with Gasteiger partial charge in [-0.1, -0.05) is 13.8 Å². The van der Waals surface area contributed by atoms with E-state index in [1.165, 1.54) is 25.8 Å². The lowest BCUT2D eigenvalue weighted by molar-refractivity contribution is 0.0306. The van der Waals surface area contributed by atoms with Crippen LogP contribution in [0.4, 0.5) is 0 Å².